The Morgan fingerprint density at radius 3 is 1.39 bits per heavy atom. The summed E-state index contributed by atoms with van der Waals surface area (Å²) in [5.41, 5.74) is -0.930. The van der Waals surface area contributed by atoms with Gasteiger partial charge in [0.05, 0.1) is 11.6 Å². The first-order valence-electron chi connectivity index (χ1n) is 12.3. The van der Waals surface area contributed by atoms with Crippen LogP contribution in [0.5, 0.6) is 0 Å². The number of aliphatic hydroxyl groups is 1. The summed E-state index contributed by atoms with van der Waals surface area (Å²) in [6, 6.07) is 0.751. The van der Waals surface area contributed by atoms with E-state index >= 15 is 0 Å². The van der Waals surface area contributed by atoms with Crippen LogP contribution < -0.4 is 5.32 Å². The Hall–Kier alpha value is -0.570. The van der Waals surface area contributed by atoms with Crippen LogP contribution in [-0.2, 0) is 4.79 Å². The molecule has 0 aromatic carbocycles. The average molecular weight is 397 g/mol. The second-order valence-electron chi connectivity index (χ2n) is 9.04. The van der Waals surface area contributed by atoms with E-state index in [9.17, 15) is 9.90 Å². The second kappa shape index (κ2) is 18.5. The molecule has 0 aliphatic rings. The second-order valence-corrected chi connectivity index (χ2v) is 9.04. The predicted molar refractivity (Wildman–Crippen MR) is 122 cm³/mol. The van der Waals surface area contributed by atoms with Crippen LogP contribution in [0.1, 0.15) is 143 Å². The first kappa shape index (κ1) is 27.4. The monoisotopic (exact) mass is 396 g/mol. The first-order chi connectivity index (χ1) is 13.4. The molecule has 0 rings (SSSR count). The minimum atomic E-state index is -0.930. The lowest BCUT2D eigenvalue weighted by Gasteiger charge is -2.28. The molecule has 0 aromatic rings. The van der Waals surface area contributed by atoms with Crippen LogP contribution >= 0.6 is 0 Å². The third-order valence-corrected chi connectivity index (χ3v) is 5.54. The number of hydrogen-bond acceptors (Lipinski definition) is 2. The van der Waals surface area contributed by atoms with E-state index in [1.54, 1.807) is 13.8 Å². The van der Waals surface area contributed by atoms with Gasteiger partial charge in [-0.15, -0.1) is 0 Å². The molecular formula is C25H50NO2. The number of carbonyl (C=O) groups is 1. The van der Waals surface area contributed by atoms with E-state index in [2.05, 4.69) is 19.2 Å². The van der Waals surface area contributed by atoms with Crippen molar-refractivity contribution < 1.29 is 9.90 Å². The van der Waals surface area contributed by atoms with Crippen LogP contribution in [0.3, 0.4) is 0 Å². The number of hydrogen-bond donors (Lipinski definition) is 2. The molecule has 0 saturated heterocycles. The van der Waals surface area contributed by atoms with Crippen LogP contribution in [0.15, 0.2) is 0 Å². The third-order valence-electron chi connectivity index (χ3n) is 5.54. The largest absolute Gasteiger partial charge is 0.388 e. The maximum Gasteiger partial charge on any atom is 0.220 e. The molecule has 28 heavy (non-hydrogen) atoms. The summed E-state index contributed by atoms with van der Waals surface area (Å²) in [5, 5.41) is 13.0. The number of unbranched alkanes of at least 4 members (excludes halogenated alkanes) is 14. The molecule has 0 aliphatic heterocycles. The number of nitrogens with one attached hydrogen (secondary N) is 1. The van der Waals surface area contributed by atoms with Crippen LogP contribution in [-0.4, -0.2) is 16.6 Å². The van der Waals surface area contributed by atoms with Crippen molar-refractivity contribution in [2.45, 2.75) is 149 Å². The van der Waals surface area contributed by atoms with Crippen LogP contribution in [0.25, 0.3) is 0 Å². The van der Waals surface area contributed by atoms with Gasteiger partial charge in [-0.25, -0.2) is 0 Å². The summed E-state index contributed by atoms with van der Waals surface area (Å²) in [7, 11) is 0. The summed E-state index contributed by atoms with van der Waals surface area (Å²) in [5.74, 6) is 0.0558. The molecule has 0 unspecified atom stereocenters. The van der Waals surface area contributed by atoms with Gasteiger partial charge in [-0.1, -0.05) is 110 Å². The summed E-state index contributed by atoms with van der Waals surface area (Å²) in [6.45, 7) is 7.82. The third kappa shape index (κ3) is 17.5. The van der Waals surface area contributed by atoms with Crippen molar-refractivity contribution in [1.82, 2.24) is 5.32 Å². The zero-order chi connectivity index (χ0) is 21.1. The molecule has 3 heteroatoms. The highest BCUT2D eigenvalue weighted by Crippen LogP contribution is 2.21. The van der Waals surface area contributed by atoms with Gasteiger partial charge in [0, 0.05) is 6.42 Å². The molecule has 2 N–H and O–H groups in total. The molecule has 1 radical (unpaired) electrons. The van der Waals surface area contributed by atoms with Crippen LogP contribution in [0, 0.1) is 6.04 Å². The molecule has 0 saturated carbocycles. The maximum atomic E-state index is 12.1. The molecule has 0 spiro atoms. The van der Waals surface area contributed by atoms with Gasteiger partial charge in [0.15, 0.2) is 0 Å². The van der Waals surface area contributed by atoms with Gasteiger partial charge in [0.25, 0.3) is 0 Å². The molecule has 3 nitrogen and oxygen atoms in total. The van der Waals surface area contributed by atoms with Gasteiger partial charge < -0.3 is 10.4 Å². The van der Waals surface area contributed by atoms with E-state index < -0.39 is 5.60 Å². The van der Waals surface area contributed by atoms with E-state index in [0.29, 0.717) is 6.42 Å². The van der Waals surface area contributed by atoms with Crippen molar-refractivity contribution in [3.8, 4) is 0 Å². The van der Waals surface area contributed by atoms with Gasteiger partial charge in [-0.2, -0.15) is 0 Å². The van der Waals surface area contributed by atoms with Crippen molar-refractivity contribution in [3.63, 3.8) is 0 Å². The van der Waals surface area contributed by atoms with E-state index in [1.807, 2.05) is 0 Å². The van der Waals surface area contributed by atoms with E-state index in [1.165, 1.54) is 83.5 Å². The smallest absolute Gasteiger partial charge is 0.220 e. The lowest BCUT2D eigenvalue weighted by Crippen LogP contribution is -2.42. The van der Waals surface area contributed by atoms with Crippen molar-refractivity contribution >= 4 is 5.91 Å². The Morgan fingerprint density at radius 2 is 1.04 bits per heavy atom. The number of rotatable bonds is 20. The molecule has 0 bridgehead atoms. The molecule has 0 fully saturated rings. The van der Waals surface area contributed by atoms with E-state index in [0.717, 1.165) is 31.7 Å². The molecule has 167 valence electrons. The lowest BCUT2D eigenvalue weighted by molar-refractivity contribution is -0.122. The Labute approximate surface area is 176 Å². The van der Waals surface area contributed by atoms with Crippen molar-refractivity contribution in [2.75, 3.05) is 0 Å². The van der Waals surface area contributed by atoms with Gasteiger partial charge in [0.2, 0.25) is 5.91 Å². The van der Waals surface area contributed by atoms with E-state index in [4.69, 9.17) is 0 Å². The van der Waals surface area contributed by atoms with Crippen LogP contribution in [0.4, 0.5) is 0 Å². The Kier molecular flexibility index (Phi) is 18.1. The zero-order valence-electron chi connectivity index (χ0n) is 19.6. The first-order valence-corrected chi connectivity index (χ1v) is 12.3. The van der Waals surface area contributed by atoms with Gasteiger partial charge in [0.1, 0.15) is 0 Å². The van der Waals surface area contributed by atoms with Gasteiger partial charge in [-0.3, -0.25) is 4.79 Å². The summed E-state index contributed by atoms with van der Waals surface area (Å²) >= 11 is 0. The van der Waals surface area contributed by atoms with Gasteiger partial charge in [-0.05, 0) is 26.7 Å². The topological polar surface area (TPSA) is 49.3 Å². The Morgan fingerprint density at radius 1 is 0.643 bits per heavy atom. The van der Waals surface area contributed by atoms with Gasteiger partial charge >= 0.3 is 0 Å². The SMILES string of the molecule is CCCCCCCCCCCCCCCCCC(=O)N[C](CCC)C(C)(C)O. The predicted octanol–water partition coefficient (Wildman–Crippen LogP) is 7.47. The highest BCUT2D eigenvalue weighted by molar-refractivity contribution is 5.77. The fourth-order valence-corrected chi connectivity index (χ4v) is 3.66. The minimum absolute atomic E-state index is 0.0558. The van der Waals surface area contributed by atoms with Crippen molar-refractivity contribution in [3.05, 3.63) is 6.04 Å². The quantitative estimate of drug-likeness (QED) is 0.210. The molecule has 0 aliphatic carbocycles. The lowest BCUT2D eigenvalue weighted by atomic mass is 9.94. The molecule has 0 heterocycles. The average Bonchev–Trinajstić information content (AvgIpc) is 2.63. The maximum absolute atomic E-state index is 12.1. The normalized spacial score (nSPS) is 11.9. The summed E-state index contributed by atoms with van der Waals surface area (Å²) in [6.07, 6.45) is 22.3. The highest BCUT2D eigenvalue weighted by Gasteiger charge is 2.28. The minimum Gasteiger partial charge on any atom is -0.388 e. The molecular weight excluding hydrogens is 346 g/mol. The zero-order valence-corrected chi connectivity index (χ0v) is 19.6. The fourth-order valence-electron chi connectivity index (χ4n) is 3.66. The van der Waals surface area contributed by atoms with E-state index in [-0.39, 0.29) is 5.91 Å². The molecule has 1 amide bonds. The van der Waals surface area contributed by atoms with Crippen LogP contribution in [0.2, 0.25) is 0 Å². The standard InChI is InChI=1S/C25H50NO2/c1-5-7-8-9-10-11-12-13-14-15-16-17-18-19-20-22-24(27)26-23(21-6-2)25(3,4)28/h28H,5-22H2,1-4H3,(H,26,27). The number of amides is 1. The fraction of sp³-hybridized carbons (Fsp3) is 0.920. The summed E-state index contributed by atoms with van der Waals surface area (Å²) < 4.78 is 0. The Bertz CT molecular complexity index is 349. The Balaban J connectivity index is 3.42. The van der Waals surface area contributed by atoms with Crippen molar-refractivity contribution in [2.24, 2.45) is 0 Å². The molecule has 0 aromatic heterocycles. The highest BCUT2D eigenvalue weighted by atomic mass is 16.3. The summed E-state index contributed by atoms with van der Waals surface area (Å²) in [4.78, 5) is 12.1. The number of carbonyl (C=O) groups excluding carboxylic acids is 1. The van der Waals surface area contributed by atoms with Crippen molar-refractivity contribution in [1.29, 1.82) is 0 Å². The molecule has 0 atom stereocenters.